The van der Waals surface area contributed by atoms with Gasteiger partial charge in [0.25, 0.3) is 0 Å². The molecule has 0 radical (unpaired) electrons. The summed E-state index contributed by atoms with van der Waals surface area (Å²) in [5.41, 5.74) is 0.270. The number of sulfonamides is 1. The smallest absolute Gasteiger partial charge is 0.248 e. The lowest BCUT2D eigenvalue weighted by atomic mass is 9.97. The van der Waals surface area contributed by atoms with Gasteiger partial charge in [0.05, 0.1) is 0 Å². The molecule has 4 rings (SSSR count). The van der Waals surface area contributed by atoms with Crippen molar-refractivity contribution in [3.63, 3.8) is 0 Å². The van der Waals surface area contributed by atoms with E-state index in [-0.39, 0.29) is 46.8 Å². The first kappa shape index (κ1) is 26.4. The van der Waals surface area contributed by atoms with Crippen LogP contribution in [-0.4, -0.2) is 67.5 Å². The molecule has 2 aliphatic rings. The molecule has 1 aromatic carbocycles. The lowest BCUT2D eigenvalue weighted by Crippen LogP contribution is -2.46. The second-order valence-electron chi connectivity index (χ2n) is 9.31. The molecule has 11 heteroatoms. The number of rotatable bonds is 8. The lowest BCUT2D eigenvalue weighted by Gasteiger charge is -2.31. The number of hydrogen-bond acceptors (Lipinski definition) is 6. The number of aryl methyl sites for hydroxylation is 1. The summed E-state index contributed by atoms with van der Waals surface area (Å²) in [5, 5.41) is 6.85. The maximum Gasteiger partial charge on any atom is 0.248 e. The fraction of sp³-hybridized carbons (Fsp3) is 0.520. The molecule has 3 heterocycles. The highest BCUT2D eigenvalue weighted by Gasteiger charge is 2.36. The molecule has 1 aromatic heterocycles. The number of carbonyl (C=O) groups is 1. The van der Waals surface area contributed by atoms with Gasteiger partial charge in [0.2, 0.25) is 15.9 Å². The molecule has 2 aromatic rings. The van der Waals surface area contributed by atoms with Crippen molar-refractivity contribution < 1.29 is 26.5 Å². The quantitative estimate of drug-likeness (QED) is 0.571. The van der Waals surface area contributed by atoms with Crippen LogP contribution in [0.4, 0.5) is 8.78 Å². The van der Waals surface area contributed by atoms with Crippen molar-refractivity contribution in [2.75, 3.05) is 32.7 Å². The van der Waals surface area contributed by atoms with Gasteiger partial charge in [-0.2, -0.15) is 4.31 Å². The first-order valence-corrected chi connectivity index (χ1v) is 13.8. The highest BCUT2D eigenvalue weighted by molar-refractivity contribution is 7.89. The van der Waals surface area contributed by atoms with E-state index < -0.39 is 21.7 Å². The summed E-state index contributed by atoms with van der Waals surface area (Å²) in [4.78, 5) is 15.0. The van der Waals surface area contributed by atoms with Crippen molar-refractivity contribution >= 4 is 28.1 Å². The third-order valence-corrected chi connectivity index (χ3v) is 9.11. The normalized spacial score (nSPS) is 20.4. The van der Waals surface area contributed by atoms with E-state index in [1.54, 1.807) is 0 Å². The number of likely N-dealkylation sites (tertiary alicyclic amines) is 1. The van der Waals surface area contributed by atoms with E-state index in [1.165, 1.54) is 29.4 Å². The largest absolute Gasteiger partial charge is 0.355 e. The van der Waals surface area contributed by atoms with E-state index in [2.05, 4.69) is 22.3 Å². The maximum absolute atomic E-state index is 14.0. The molecule has 2 saturated heterocycles. The minimum absolute atomic E-state index is 0.0268. The predicted octanol–water partition coefficient (Wildman–Crippen LogP) is 3.43. The molecule has 0 spiro atoms. The Bertz CT molecular complexity index is 1220. The summed E-state index contributed by atoms with van der Waals surface area (Å²) >= 11 is 0. The Morgan fingerprint density at radius 2 is 1.94 bits per heavy atom. The first-order chi connectivity index (χ1) is 17.2. The summed E-state index contributed by atoms with van der Waals surface area (Å²) in [5.74, 6) is -1.78. The lowest BCUT2D eigenvalue weighted by molar-refractivity contribution is -0.126. The van der Waals surface area contributed by atoms with Crippen LogP contribution in [0.5, 0.6) is 0 Å². The number of nitrogens with zero attached hydrogens (tertiary/aromatic N) is 3. The third-order valence-electron chi connectivity index (χ3n) is 7.05. The van der Waals surface area contributed by atoms with Gasteiger partial charge in [-0.15, -0.1) is 0 Å². The highest BCUT2D eigenvalue weighted by atomic mass is 32.2. The number of halogens is 2. The number of benzene rings is 1. The van der Waals surface area contributed by atoms with Gasteiger partial charge in [-0.05, 0) is 70.0 Å². The SMILES string of the molecule is CCN1CCC[C@H]1CNC(=O)C1CCN(S(=O)(=O)c2c(C)noc2/C=C/c2ccc(F)cc2F)CC1. The fourth-order valence-corrected chi connectivity index (χ4v) is 6.71. The van der Waals surface area contributed by atoms with Crippen LogP contribution in [-0.2, 0) is 14.8 Å². The fourth-order valence-electron chi connectivity index (χ4n) is 4.99. The maximum atomic E-state index is 14.0. The summed E-state index contributed by atoms with van der Waals surface area (Å²) in [6.45, 7) is 6.69. The van der Waals surface area contributed by atoms with E-state index in [1.807, 2.05) is 0 Å². The average molecular weight is 523 g/mol. The molecule has 1 atom stereocenters. The van der Waals surface area contributed by atoms with Crippen molar-refractivity contribution in [1.29, 1.82) is 0 Å². The monoisotopic (exact) mass is 522 g/mol. The molecule has 2 aliphatic heterocycles. The van der Waals surface area contributed by atoms with Gasteiger partial charge in [-0.3, -0.25) is 9.69 Å². The Kier molecular flexibility index (Phi) is 8.21. The van der Waals surface area contributed by atoms with Gasteiger partial charge in [0, 0.05) is 43.2 Å². The van der Waals surface area contributed by atoms with Crippen molar-refractivity contribution in [1.82, 2.24) is 19.7 Å². The van der Waals surface area contributed by atoms with Gasteiger partial charge in [0.1, 0.15) is 17.3 Å². The molecule has 0 saturated carbocycles. The second-order valence-corrected chi connectivity index (χ2v) is 11.2. The van der Waals surface area contributed by atoms with Crippen LogP contribution in [0.25, 0.3) is 12.2 Å². The molecular weight excluding hydrogens is 490 g/mol. The molecule has 196 valence electrons. The van der Waals surface area contributed by atoms with Crippen molar-refractivity contribution in [3.05, 3.63) is 46.9 Å². The number of hydrogen-bond donors (Lipinski definition) is 1. The molecule has 36 heavy (non-hydrogen) atoms. The van der Waals surface area contributed by atoms with Gasteiger partial charge >= 0.3 is 0 Å². The molecule has 0 unspecified atom stereocenters. The van der Waals surface area contributed by atoms with E-state index in [9.17, 15) is 22.0 Å². The Hall–Kier alpha value is -2.63. The van der Waals surface area contributed by atoms with Gasteiger partial charge < -0.3 is 9.84 Å². The summed E-state index contributed by atoms with van der Waals surface area (Å²) in [6, 6.07) is 3.48. The van der Waals surface area contributed by atoms with Crippen molar-refractivity contribution in [2.45, 2.75) is 50.5 Å². The van der Waals surface area contributed by atoms with Crippen LogP contribution < -0.4 is 5.32 Å². The number of nitrogens with one attached hydrogen (secondary N) is 1. The molecule has 2 fully saturated rings. The van der Waals surface area contributed by atoms with Crippen LogP contribution in [0.2, 0.25) is 0 Å². The summed E-state index contributed by atoms with van der Waals surface area (Å²) < 4.78 is 60.5. The van der Waals surface area contributed by atoms with Gasteiger partial charge in [-0.1, -0.05) is 12.1 Å². The van der Waals surface area contributed by atoms with Crippen LogP contribution in [0.15, 0.2) is 27.6 Å². The summed E-state index contributed by atoms with van der Waals surface area (Å²) in [6.07, 6.45) is 5.68. The predicted molar refractivity (Wildman–Crippen MR) is 131 cm³/mol. The van der Waals surface area contributed by atoms with Crippen molar-refractivity contribution in [2.24, 2.45) is 5.92 Å². The minimum atomic E-state index is -3.95. The first-order valence-electron chi connectivity index (χ1n) is 12.3. The van der Waals surface area contributed by atoms with E-state index in [0.29, 0.717) is 25.4 Å². The zero-order chi connectivity index (χ0) is 25.9. The number of aromatic nitrogens is 1. The van der Waals surface area contributed by atoms with Crippen LogP contribution in [0.1, 0.15) is 49.6 Å². The molecule has 1 amide bonds. The Labute approximate surface area is 210 Å². The topological polar surface area (TPSA) is 95.8 Å². The van der Waals surface area contributed by atoms with Gasteiger partial charge in [-0.25, -0.2) is 17.2 Å². The molecule has 8 nitrogen and oxygen atoms in total. The van der Waals surface area contributed by atoms with E-state index in [4.69, 9.17) is 4.52 Å². The third kappa shape index (κ3) is 5.68. The van der Waals surface area contributed by atoms with Crippen LogP contribution >= 0.6 is 0 Å². The van der Waals surface area contributed by atoms with E-state index >= 15 is 0 Å². The van der Waals surface area contributed by atoms with Crippen LogP contribution in [0, 0.1) is 24.5 Å². The highest BCUT2D eigenvalue weighted by Crippen LogP contribution is 2.29. The standard InChI is InChI=1S/C25H32F2N4O4S/c1-3-30-12-4-5-21(30)16-28-25(32)19-10-13-31(14-11-19)36(33,34)24-17(2)29-35-23(24)9-7-18-6-8-20(26)15-22(18)27/h6-9,15,19,21H,3-5,10-14,16H2,1-2H3,(H,28,32)/b9-7+/t21-/m0/s1. The Balaban J connectivity index is 1.39. The number of carbonyl (C=O) groups excluding carboxylic acids is 1. The Morgan fingerprint density at radius 3 is 2.64 bits per heavy atom. The average Bonchev–Trinajstić information content (AvgIpc) is 3.48. The van der Waals surface area contributed by atoms with Gasteiger partial charge in [0.15, 0.2) is 10.7 Å². The number of likely N-dealkylation sites (N-methyl/N-ethyl adjacent to an activating group) is 1. The Morgan fingerprint density at radius 1 is 1.19 bits per heavy atom. The number of amides is 1. The number of piperidine rings is 1. The molecule has 0 bridgehead atoms. The molecular formula is C25H32F2N4O4S. The zero-order valence-electron chi connectivity index (χ0n) is 20.5. The van der Waals surface area contributed by atoms with Crippen LogP contribution in [0.3, 0.4) is 0 Å². The molecule has 1 N–H and O–H groups in total. The zero-order valence-corrected chi connectivity index (χ0v) is 21.4. The molecule has 0 aliphatic carbocycles. The second kappa shape index (κ2) is 11.2. The minimum Gasteiger partial charge on any atom is -0.355 e. The van der Waals surface area contributed by atoms with Crippen molar-refractivity contribution in [3.8, 4) is 0 Å². The summed E-state index contributed by atoms with van der Waals surface area (Å²) in [7, 11) is -3.95. The van der Waals surface area contributed by atoms with E-state index in [0.717, 1.165) is 38.1 Å².